The Morgan fingerprint density at radius 1 is 1.19 bits per heavy atom. The molecule has 3 rings (SSSR count). The third kappa shape index (κ3) is 6.33. The second-order valence-corrected chi connectivity index (χ2v) is 9.02. The lowest BCUT2D eigenvalue weighted by Crippen LogP contribution is -2.34. The zero-order valence-electron chi connectivity index (χ0n) is 20.9. The van der Waals surface area contributed by atoms with E-state index in [1.807, 2.05) is 13.8 Å². The van der Waals surface area contributed by atoms with Gasteiger partial charge < -0.3 is 20.5 Å². The highest BCUT2D eigenvalue weighted by Crippen LogP contribution is 2.38. The topological polar surface area (TPSA) is 126 Å². The highest BCUT2D eigenvalue weighted by Gasteiger charge is 2.25. The highest BCUT2D eigenvalue weighted by molar-refractivity contribution is 6.31. The van der Waals surface area contributed by atoms with Crippen LogP contribution in [0.2, 0.25) is 5.02 Å². The van der Waals surface area contributed by atoms with Crippen LogP contribution in [0.1, 0.15) is 48.3 Å². The molecule has 11 heteroatoms. The molecule has 9 nitrogen and oxygen atoms in total. The maximum Gasteiger partial charge on any atom is 0.267 e. The largest absolute Gasteiger partial charge is 0.495 e. The number of primary amides is 1. The summed E-state index contributed by atoms with van der Waals surface area (Å²) in [4.78, 5) is 41.7. The van der Waals surface area contributed by atoms with E-state index in [0.717, 1.165) is 0 Å². The predicted molar refractivity (Wildman–Crippen MR) is 139 cm³/mol. The SMILES string of the molecule is COCCC(C(=O)Nc1ccc(C(N)=O)nc1)n1cc(OC)c(-c2cc(Cl)cc(F)c2C(C)C)cc1=O. The molecule has 196 valence electrons. The van der Waals surface area contributed by atoms with E-state index < -0.39 is 29.2 Å². The number of amides is 2. The number of nitrogens with one attached hydrogen (secondary N) is 1. The Hall–Kier alpha value is -3.76. The summed E-state index contributed by atoms with van der Waals surface area (Å²) in [5.74, 6) is -1.65. The molecule has 37 heavy (non-hydrogen) atoms. The number of rotatable bonds is 10. The van der Waals surface area contributed by atoms with Crippen LogP contribution in [0.3, 0.4) is 0 Å². The minimum absolute atomic E-state index is 0.0451. The second-order valence-electron chi connectivity index (χ2n) is 8.59. The lowest BCUT2D eigenvalue weighted by Gasteiger charge is -2.22. The van der Waals surface area contributed by atoms with Gasteiger partial charge >= 0.3 is 0 Å². The molecule has 0 saturated heterocycles. The van der Waals surface area contributed by atoms with Crippen molar-refractivity contribution in [2.24, 2.45) is 5.73 Å². The standard InChI is InChI=1S/C26H28ClFN4O5/c1-14(2)24-18(9-15(27)10-19(24)28)17-11-23(33)32(13-22(17)37-4)21(7-8-36-3)26(35)31-16-5-6-20(25(29)34)30-12-16/h5-6,9-14,21H,7-8H2,1-4H3,(H2,29,34)(H,31,35). The molecule has 0 radical (unpaired) electrons. The van der Waals surface area contributed by atoms with Crippen molar-refractivity contribution < 1.29 is 23.5 Å². The summed E-state index contributed by atoms with van der Waals surface area (Å²) in [5, 5.41) is 2.87. The van der Waals surface area contributed by atoms with Gasteiger partial charge in [-0.1, -0.05) is 25.4 Å². The van der Waals surface area contributed by atoms with Crippen molar-refractivity contribution in [2.75, 3.05) is 26.1 Å². The number of nitrogens with zero attached hydrogens (tertiary/aromatic N) is 2. The van der Waals surface area contributed by atoms with Gasteiger partial charge in [0.2, 0.25) is 5.91 Å². The zero-order valence-corrected chi connectivity index (χ0v) is 21.6. The van der Waals surface area contributed by atoms with Crippen molar-refractivity contribution in [3.05, 3.63) is 75.2 Å². The fourth-order valence-electron chi connectivity index (χ4n) is 4.00. The van der Waals surface area contributed by atoms with Crippen LogP contribution in [0.4, 0.5) is 10.1 Å². The molecule has 0 spiro atoms. The fraction of sp³-hybridized carbons (Fsp3) is 0.308. The van der Waals surface area contributed by atoms with Crippen LogP contribution >= 0.6 is 11.6 Å². The second kappa shape index (κ2) is 12.0. The molecule has 3 aromatic rings. The zero-order chi connectivity index (χ0) is 27.3. The number of carbonyl (C=O) groups excluding carboxylic acids is 2. The Morgan fingerprint density at radius 3 is 2.49 bits per heavy atom. The number of ether oxygens (including phenoxy) is 2. The van der Waals surface area contributed by atoms with E-state index >= 15 is 0 Å². The van der Waals surface area contributed by atoms with Crippen LogP contribution in [0, 0.1) is 5.82 Å². The quantitative estimate of drug-likeness (QED) is 0.405. The highest BCUT2D eigenvalue weighted by atomic mass is 35.5. The molecule has 1 atom stereocenters. The Morgan fingerprint density at radius 2 is 1.92 bits per heavy atom. The van der Waals surface area contributed by atoms with Crippen molar-refractivity contribution in [1.82, 2.24) is 9.55 Å². The van der Waals surface area contributed by atoms with E-state index in [0.29, 0.717) is 22.4 Å². The summed E-state index contributed by atoms with van der Waals surface area (Å²) in [5.41, 5.74) is 6.22. The maximum atomic E-state index is 14.8. The van der Waals surface area contributed by atoms with Gasteiger partial charge in [-0.2, -0.15) is 0 Å². The van der Waals surface area contributed by atoms with Gasteiger partial charge in [-0.3, -0.25) is 19.0 Å². The third-order valence-electron chi connectivity index (χ3n) is 5.74. The van der Waals surface area contributed by atoms with Crippen LogP contribution in [0.25, 0.3) is 11.1 Å². The van der Waals surface area contributed by atoms with Crippen LogP contribution in [0.5, 0.6) is 5.75 Å². The van der Waals surface area contributed by atoms with Gasteiger partial charge in [-0.05, 0) is 41.3 Å². The molecule has 0 aliphatic rings. The van der Waals surface area contributed by atoms with Crippen LogP contribution in [-0.2, 0) is 9.53 Å². The van der Waals surface area contributed by atoms with Gasteiger partial charge in [0.1, 0.15) is 23.3 Å². The Kier molecular flexibility index (Phi) is 9.01. The lowest BCUT2D eigenvalue weighted by molar-refractivity contribution is -0.119. The van der Waals surface area contributed by atoms with Gasteiger partial charge in [0.15, 0.2) is 0 Å². The molecule has 1 unspecified atom stereocenters. The number of anilines is 1. The lowest BCUT2D eigenvalue weighted by atomic mass is 9.92. The van der Waals surface area contributed by atoms with Gasteiger partial charge in [-0.25, -0.2) is 9.37 Å². The first-order valence-electron chi connectivity index (χ1n) is 11.4. The fourth-order valence-corrected chi connectivity index (χ4v) is 4.21. The summed E-state index contributed by atoms with van der Waals surface area (Å²) in [6, 6.07) is 5.98. The maximum absolute atomic E-state index is 14.8. The third-order valence-corrected chi connectivity index (χ3v) is 5.96. The van der Waals surface area contributed by atoms with Crippen molar-refractivity contribution in [3.63, 3.8) is 0 Å². The molecule has 0 aliphatic heterocycles. The molecule has 1 aromatic carbocycles. The number of nitrogens with two attached hydrogens (primary N) is 1. The van der Waals surface area contributed by atoms with E-state index in [2.05, 4.69) is 10.3 Å². The Balaban J connectivity index is 2.06. The molecule has 0 aliphatic carbocycles. The first-order chi connectivity index (χ1) is 17.6. The van der Waals surface area contributed by atoms with Gasteiger partial charge in [0, 0.05) is 36.8 Å². The van der Waals surface area contributed by atoms with E-state index in [9.17, 15) is 18.8 Å². The van der Waals surface area contributed by atoms with E-state index in [-0.39, 0.29) is 35.4 Å². The molecule has 2 amide bonds. The summed E-state index contributed by atoms with van der Waals surface area (Å²) in [7, 11) is 2.90. The molecular formula is C26H28ClFN4O5. The summed E-state index contributed by atoms with van der Waals surface area (Å²) < 4.78 is 26.7. The van der Waals surface area contributed by atoms with E-state index in [1.165, 1.54) is 55.4 Å². The summed E-state index contributed by atoms with van der Waals surface area (Å²) in [6.07, 6.45) is 2.87. The molecule has 0 saturated carbocycles. The number of pyridine rings is 2. The molecule has 3 N–H and O–H groups in total. The molecule has 0 fully saturated rings. The van der Waals surface area contributed by atoms with Gasteiger partial charge in [0.25, 0.3) is 11.5 Å². The molecule has 2 heterocycles. The number of aromatic nitrogens is 2. The Bertz CT molecular complexity index is 1360. The van der Waals surface area contributed by atoms with Crippen molar-refractivity contribution in [3.8, 4) is 16.9 Å². The number of carbonyl (C=O) groups is 2. The minimum Gasteiger partial charge on any atom is -0.495 e. The van der Waals surface area contributed by atoms with Crippen molar-refractivity contribution >= 4 is 29.1 Å². The number of hydrogen-bond acceptors (Lipinski definition) is 6. The molecular weight excluding hydrogens is 503 g/mol. The first-order valence-corrected chi connectivity index (χ1v) is 11.8. The minimum atomic E-state index is -0.980. The van der Waals surface area contributed by atoms with Crippen LogP contribution in [-0.4, -0.2) is 42.2 Å². The summed E-state index contributed by atoms with van der Waals surface area (Å²) in [6.45, 7) is 3.85. The van der Waals surface area contributed by atoms with Crippen LogP contribution in [0.15, 0.2) is 47.5 Å². The number of methoxy groups -OCH3 is 2. The van der Waals surface area contributed by atoms with E-state index in [4.69, 9.17) is 26.8 Å². The first kappa shape index (κ1) is 27.8. The predicted octanol–water partition coefficient (Wildman–Crippen LogP) is 4.15. The number of hydrogen-bond donors (Lipinski definition) is 2. The van der Waals surface area contributed by atoms with Crippen molar-refractivity contribution in [1.29, 1.82) is 0 Å². The van der Waals surface area contributed by atoms with Crippen molar-refractivity contribution in [2.45, 2.75) is 32.2 Å². The molecule has 2 aromatic heterocycles. The number of benzene rings is 1. The normalized spacial score (nSPS) is 11.9. The van der Waals surface area contributed by atoms with Gasteiger partial charge in [0.05, 0.1) is 25.2 Å². The summed E-state index contributed by atoms with van der Waals surface area (Å²) >= 11 is 6.13. The smallest absolute Gasteiger partial charge is 0.267 e. The average molecular weight is 531 g/mol. The van der Waals surface area contributed by atoms with E-state index in [1.54, 1.807) is 6.07 Å². The van der Waals surface area contributed by atoms with Crippen LogP contribution < -0.4 is 21.3 Å². The molecule has 0 bridgehead atoms. The van der Waals surface area contributed by atoms with Gasteiger partial charge in [-0.15, -0.1) is 0 Å². The average Bonchev–Trinajstić information content (AvgIpc) is 2.84. The monoisotopic (exact) mass is 530 g/mol. The number of halogens is 2. The Labute approximate surface area is 218 Å².